The number of carbonyl (C=O) groups excluding carboxylic acids is 1. The number of fused-ring (bicyclic) bond motifs is 1. The van der Waals surface area contributed by atoms with Crippen molar-refractivity contribution in [3.63, 3.8) is 0 Å². The maximum absolute atomic E-state index is 13.0. The van der Waals surface area contributed by atoms with Gasteiger partial charge < -0.3 is 9.64 Å². The molecule has 2 aliphatic carbocycles. The van der Waals surface area contributed by atoms with Gasteiger partial charge in [-0.05, 0) is 61.8 Å². The van der Waals surface area contributed by atoms with Crippen LogP contribution in [-0.4, -0.2) is 37.1 Å². The summed E-state index contributed by atoms with van der Waals surface area (Å²) in [5.74, 6) is 0.227. The average molecular weight is 285 g/mol. The van der Waals surface area contributed by atoms with E-state index in [0.29, 0.717) is 6.61 Å². The minimum absolute atomic E-state index is 0.227. The topological polar surface area (TPSA) is 29.5 Å². The zero-order valence-corrected chi connectivity index (χ0v) is 12.8. The van der Waals surface area contributed by atoms with Crippen LogP contribution in [0.25, 0.3) is 0 Å². The lowest BCUT2D eigenvalue weighted by molar-refractivity contribution is 0.0734. The van der Waals surface area contributed by atoms with Crippen molar-refractivity contribution in [2.75, 3.05) is 26.3 Å². The summed E-state index contributed by atoms with van der Waals surface area (Å²) in [6, 6.07) is 4.17. The smallest absolute Gasteiger partial charge is 0.254 e. The van der Waals surface area contributed by atoms with Gasteiger partial charge >= 0.3 is 0 Å². The highest BCUT2D eigenvalue weighted by Gasteiger charge is 2.46. The van der Waals surface area contributed by atoms with E-state index in [-0.39, 0.29) is 11.3 Å². The summed E-state index contributed by atoms with van der Waals surface area (Å²) in [6.07, 6.45) is 5.81. The first-order valence-corrected chi connectivity index (χ1v) is 8.17. The third kappa shape index (κ3) is 2.28. The number of aryl methyl sites for hydroxylation is 1. The fourth-order valence-corrected chi connectivity index (χ4v) is 3.90. The molecule has 1 saturated heterocycles. The highest BCUT2D eigenvalue weighted by Crippen LogP contribution is 2.47. The molecule has 2 fully saturated rings. The standard InChI is InChI=1S/C18H23NO2/c1-13-5-6-16(15-4-2-3-14(13)15)17(20)19-9-10-21-12-18(11-19)7-8-18/h5-6H,2-4,7-12H2,1H3. The van der Waals surface area contributed by atoms with Gasteiger partial charge in [0.25, 0.3) is 5.91 Å². The van der Waals surface area contributed by atoms with Crippen LogP contribution in [0.4, 0.5) is 0 Å². The normalized spacial score (nSPS) is 23.0. The molecule has 1 spiro atoms. The van der Waals surface area contributed by atoms with E-state index in [1.54, 1.807) is 0 Å². The van der Waals surface area contributed by atoms with Crippen molar-refractivity contribution in [3.8, 4) is 0 Å². The van der Waals surface area contributed by atoms with E-state index in [1.165, 1.54) is 36.0 Å². The van der Waals surface area contributed by atoms with Gasteiger partial charge in [-0.2, -0.15) is 0 Å². The molecule has 3 aliphatic rings. The van der Waals surface area contributed by atoms with Crippen molar-refractivity contribution in [3.05, 3.63) is 34.4 Å². The molecule has 1 heterocycles. The first-order valence-electron chi connectivity index (χ1n) is 8.17. The van der Waals surface area contributed by atoms with Crippen LogP contribution in [-0.2, 0) is 17.6 Å². The summed E-state index contributed by atoms with van der Waals surface area (Å²) >= 11 is 0. The highest BCUT2D eigenvalue weighted by atomic mass is 16.5. The third-order valence-corrected chi connectivity index (χ3v) is 5.43. The van der Waals surface area contributed by atoms with Crippen molar-refractivity contribution in [2.24, 2.45) is 5.41 Å². The predicted molar refractivity (Wildman–Crippen MR) is 81.6 cm³/mol. The number of hydrogen-bond acceptors (Lipinski definition) is 2. The molecular weight excluding hydrogens is 262 g/mol. The number of carbonyl (C=O) groups is 1. The molecule has 1 amide bonds. The Kier molecular flexibility index (Phi) is 3.07. The number of rotatable bonds is 1. The molecule has 0 aromatic heterocycles. The molecule has 0 atom stereocenters. The monoisotopic (exact) mass is 285 g/mol. The average Bonchev–Trinajstić information content (AvgIpc) is 3.13. The molecule has 0 bridgehead atoms. The molecule has 1 aliphatic heterocycles. The summed E-state index contributed by atoms with van der Waals surface area (Å²) in [5, 5.41) is 0. The van der Waals surface area contributed by atoms with E-state index >= 15 is 0 Å². The molecule has 21 heavy (non-hydrogen) atoms. The molecule has 0 unspecified atom stereocenters. The van der Waals surface area contributed by atoms with E-state index in [9.17, 15) is 4.79 Å². The molecule has 0 N–H and O–H groups in total. The second-order valence-corrected chi connectivity index (χ2v) is 7.02. The van der Waals surface area contributed by atoms with Crippen molar-refractivity contribution >= 4 is 5.91 Å². The molecule has 3 nitrogen and oxygen atoms in total. The number of amides is 1. The van der Waals surface area contributed by atoms with Crippen LogP contribution in [0.15, 0.2) is 12.1 Å². The maximum atomic E-state index is 13.0. The van der Waals surface area contributed by atoms with Gasteiger partial charge in [-0.25, -0.2) is 0 Å². The Morgan fingerprint density at radius 3 is 2.86 bits per heavy atom. The second-order valence-electron chi connectivity index (χ2n) is 7.02. The molecule has 3 heteroatoms. The fourth-order valence-electron chi connectivity index (χ4n) is 3.90. The molecule has 4 rings (SSSR count). The fraction of sp³-hybridized carbons (Fsp3) is 0.611. The van der Waals surface area contributed by atoms with Crippen molar-refractivity contribution < 1.29 is 9.53 Å². The molecule has 1 aromatic rings. The summed E-state index contributed by atoms with van der Waals surface area (Å²) in [4.78, 5) is 15.1. The zero-order valence-electron chi connectivity index (χ0n) is 12.8. The van der Waals surface area contributed by atoms with Gasteiger partial charge in [0.2, 0.25) is 0 Å². The van der Waals surface area contributed by atoms with Crippen LogP contribution in [0.2, 0.25) is 0 Å². The minimum Gasteiger partial charge on any atom is -0.379 e. The lowest BCUT2D eigenvalue weighted by atomic mass is 9.97. The molecule has 1 aromatic carbocycles. The van der Waals surface area contributed by atoms with E-state index in [2.05, 4.69) is 13.0 Å². The number of ether oxygens (including phenoxy) is 1. The largest absolute Gasteiger partial charge is 0.379 e. The lowest BCUT2D eigenvalue weighted by Crippen LogP contribution is -2.37. The quantitative estimate of drug-likeness (QED) is 0.794. The van der Waals surface area contributed by atoms with Gasteiger partial charge in [0.1, 0.15) is 0 Å². The van der Waals surface area contributed by atoms with Crippen LogP contribution in [0.5, 0.6) is 0 Å². The Bertz CT molecular complexity index is 589. The van der Waals surface area contributed by atoms with Crippen LogP contribution in [0.1, 0.15) is 46.3 Å². The van der Waals surface area contributed by atoms with E-state index in [0.717, 1.165) is 38.1 Å². The van der Waals surface area contributed by atoms with E-state index in [1.807, 2.05) is 11.0 Å². The Morgan fingerprint density at radius 2 is 2.05 bits per heavy atom. The van der Waals surface area contributed by atoms with Gasteiger partial charge in [-0.15, -0.1) is 0 Å². The van der Waals surface area contributed by atoms with Crippen molar-refractivity contribution in [1.82, 2.24) is 4.90 Å². The number of benzene rings is 1. The van der Waals surface area contributed by atoms with Crippen molar-refractivity contribution in [2.45, 2.75) is 39.0 Å². The molecule has 0 radical (unpaired) electrons. The lowest BCUT2D eigenvalue weighted by Gasteiger charge is -2.24. The number of hydrogen-bond donors (Lipinski definition) is 0. The van der Waals surface area contributed by atoms with Crippen LogP contribution in [0, 0.1) is 12.3 Å². The maximum Gasteiger partial charge on any atom is 0.254 e. The second kappa shape index (κ2) is 4.84. The Balaban J connectivity index is 1.64. The molecule has 1 saturated carbocycles. The van der Waals surface area contributed by atoms with Crippen molar-refractivity contribution in [1.29, 1.82) is 0 Å². The van der Waals surface area contributed by atoms with Gasteiger partial charge in [0.15, 0.2) is 0 Å². The Labute approximate surface area is 126 Å². The van der Waals surface area contributed by atoms with E-state index < -0.39 is 0 Å². The first kappa shape index (κ1) is 13.3. The molecule has 112 valence electrons. The van der Waals surface area contributed by atoms with Gasteiger partial charge in [0, 0.05) is 24.1 Å². The number of nitrogens with zero attached hydrogens (tertiary/aromatic N) is 1. The van der Waals surface area contributed by atoms with Gasteiger partial charge in [-0.3, -0.25) is 4.79 Å². The molecular formula is C18H23NO2. The van der Waals surface area contributed by atoms with Crippen LogP contribution >= 0.6 is 0 Å². The summed E-state index contributed by atoms with van der Waals surface area (Å²) in [7, 11) is 0. The van der Waals surface area contributed by atoms with E-state index in [4.69, 9.17) is 4.74 Å². The minimum atomic E-state index is 0.227. The SMILES string of the molecule is Cc1ccc(C(=O)N2CCOCC3(CC3)C2)c2c1CCC2. The van der Waals surface area contributed by atoms with Gasteiger partial charge in [-0.1, -0.05) is 6.07 Å². The third-order valence-electron chi connectivity index (χ3n) is 5.43. The van der Waals surface area contributed by atoms with Crippen LogP contribution in [0.3, 0.4) is 0 Å². The first-order chi connectivity index (χ1) is 10.2. The Morgan fingerprint density at radius 1 is 1.24 bits per heavy atom. The summed E-state index contributed by atoms with van der Waals surface area (Å²) < 4.78 is 5.71. The Hall–Kier alpha value is -1.35. The zero-order chi connectivity index (χ0) is 14.4. The predicted octanol–water partition coefficient (Wildman–Crippen LogP) is 2.74. The highest BCUT2D eigenvalue weighted by molar-refractivity contribution is 5.96. The summed E-state index contributed by atoms with van der Waals surface area (Å²) in [6.45, 7) is 5.30. The summed E-state index contributed by atoms with van der Waals surface area (Å²) in [5.41, 5.74) is 5.31. The van der Waals surface area contributed by atoms with Crippen LogP contribution < -0.4 is 0 Å². The van der Waals surface area contributed by atoms with Gasteiger partial charge in [0.05, 0.1) is 13.2 Å².